The fourth-order valence-corrected chi connectivity index (χ4v) is 7.84. The van der Waals surface area contributed by atoms with E-state index in [4.69, 9.17) is 19.7 Å². The molecule has 3 aromatic heterocycles. The molecule has 1 aliphatic heterocycles. The first-order valence-electron chi connectivity index (χ1n) is 17.2. The lowest BCUT2D eigenvalue weighted by atomic mass is 9.87. The number of sulfonamides is 1. The van der Waals surface area contributed by atoms with E-state index >= 15 is 0 Å². The highest BCUT2D eigenvalue weighted by Crippen LogP contribution is 2.35. The molecular formula is C39H47N7O4S. The van der Waals surface area contributed by atoms with Crippen molar-refractivity contribution in [3.63, 3.8) is 0 Å². The minimum Gasteiger partial charge on any atom is -0.475 e. The quantitative estimate of drug-likeness (QED) is 0.206. The second kappa shape index (κ2) is 13.0. The minimum atomic E-state index is -4.20. The molecule has 11 nitrogen and oxygen atoms in total. The van der Waals surface area contributed by atoms with Crippen molar-refractivity contribution in [3.8, 4) is 17.1 Å². The second-order valence-corrected chi connectivity index (χ2v) is 17.5. The number of carbonyl (C=O) groups is 1. The van der Waals surface area contributed by atoms with E-state index in [9.17, 15) is 13.2 Å². The van der Waals surface area contributed by atoms with Gasteiger partial charge in [0.15, 0.2) is 5.65 Å². The van der Waals surface area contributed by atoms with Gasteiger partial charge in [-0.1, -0.05) is 65.8 Å². The first-order chi connectivity index (χ1) is 23.8. The summed E-state index contributed by atoms with van der Waals surface area (Å²) in [5.41, 5.74) is 7.16. The lowest BCUT2D eigenvalue weighted by Gasteiger charge is -2.35. The van der Waals surface area contributed by atoms with Gasteiger partial charge in [-0.05, 0) is 68.0 Å². The molecule has 0 saturated carbocycles. The summed E-state index contributed by atoms with van der Waals surface area (Å²) in [6.07, 6.45) is 2.28. The van der Waals surface area contributed by atoms with E-state index in [1.54, 1.807) is 23.2 Å². The number of nitrogens with one attached hydrogen (secondary N) is 1. The molecule has 0 aliphatic carbocycles. The van der Waals surface area contributed by atoms with Crippen molar-refractivity contribution in [2.75, 3.05) is 11.3 Å². The second-order valence-electron chi connectivity index (χ2n) is 15.8. The van der Waals surface area contributed by atoms with Crippen LogP contribution in [0.2, 0.25) is 0 Å². The number of rotatable bonds is 4. The third-order valence-electron chi connectivity index (χ3n) is 9.28. The molecule has 12 heteroatoms. The molecule has 0 radical (unpaired) electrons. The van der Waals surface area contributed by atoms with Crippen molar-refractivity contribution in [3.05, 3.63) is 88.4 Å². The van der Waals surface area contributed by atoms with Crippen LogP contribution in [0.1, 0.15) is 86.4 Å². The number of nitrogens with zero attached hydrogens (tertiary/aromatic N) is 6. The Morgan fingerprint density at radius 3 is 2.29 bits per heavy atom. The van der Waals surface area contributed by atoms with E-state index in [1.807, 2.05) is 50.6 Å². The van der Waals surface area contributed by atoms with Crippen LogP contribution >= 0.6 is 0 Å². The summed E-state index contributed by atoms with van der Waals surface area (Å²) in [7, 11) is -2.22. The molecule has 1 aliphatic rings. The Bertz CT molecular complexity index is 2250. The monoisotopic (exact) mass is 709 g/mol. The first-order valence-corrected chi connectivity index (χ1v) is 18.6. The molecule has 4 heterocycles. The van der Waals surface area contributed by atoms with E-state index in [-0.39, 0.29) is 52.2 Å². The zero-order chi connectivity index (χ0) is 37.0. The maximum atomic E-state index is 14.6. The number of ether oxygens (including phenoxy) is 1. The molecule has 51 heavy (non-hydrogen) atoms. The molecule has 0 spiro atoms. The number of hydrogen-bond donors (Lipinski definition) is 1. The Balaban J connectivity index is 1.52. The van der Waals surface area contributed by atoms with Crippen molar-refractivity contribution in [1.82, 2.24) is 29.4 Å². The highest BCUT2D eigenvalue weighted by molar-refractivity contribution is 7.92. The van der Waals surface area contributed by atoms with E-state index in [1.165, 1.54) is 12.1 Å². The molecule has 268 valence electrons. The maximum Gasteiger partial charge on any atom is 0.264 e. The van der Waals surface area contributed by atoms with Crippen molar-refractivity contribution < 1.29 is 17.9 Å². The maximum absolute atomic E-state index is 14.6. The molecule has 5 aromatic rings. The van der Waals surface area contributed by atoms with E-state index in [2.05, 4.69) is 57.3 Å². The van der Waals surface area contributed by atoms with Crippen molar-refractivity contribution in [1.29, 1.82) is 0 Å². The third-order valence-corrected chi connectivity index (χ3v) is 10.6. The predicted octanol–water partition coefficient (Wildman–Crippen LogP) is 7.29. The number of aryl methyl sites for hydroxylation is 3. The molecule has 0 unspecified atom stereocenters. The fourth-order valence-electron chi connectivity index (χ4n) is 6.85. The van der Waals surface area contributed by atoms with Crippen LogP contribution in [0.15, 0.2) is 59.6 Å². The SMILES string of the molecule is Cc1cccc(C)c1-c1nc2nc(c1C)OC[C@@H](CC(C)(C)C)N(Cc1cnc3cc(C(C)(C)C)n(C)c3n1)C(=O)c1cccc(c1)S(=O)(=O)N2. The van der Waals surface area contributed by atoms with Gasteiger partial charge in [-0.25, -0.2) is 23.1 Å². The Kier molecular flexibility index (Phi) is 9.20. The number of anilines is 1. The average Bonchev–Trinajstić information content (AvgIpc) is 3.38. The number of carbonyl (C=O) groups excluding carboxylic acids is 1. The summed E-state index contributed by atoms with van der Waals surface area (Å²) in [5.74, 6) is -0.231. The van der Waals surface area contributed by atoms with Gasteiger partial charge in [0.05, 0.1) is 35.1 Å². The van der Waals surface area contributed by atoms with Gasteiger partial charge in [0, 0.05) is 34.8 Å². The Hall–Kier alpha value is -4.84. The van der Waals surface area contributed by atoms with E-state index < -0.39 is 16.1 Å². The Labute approximate surface area is 300 Å². The van der Waals surface area contributed by atoms with Gasteiger partial charge in [0.25, 0.3) is 15.9 Å². The molecular weight excluding hydrogens is 663 g/mol. The average molecular weight is 710 g/mol. The number of hydrogen-bond acceptors (Lipinski definition) is 8. The molecule has 0 saturated heterocycles. The third kappa shape index (κ3) is 7.33. The van der Waals surface area contributed by atoms with Crippen molar-refractivity contribution >= 4 is 33.0 Å². The van der Waals surface area contributed by atoms with Gasteiger partial charge in [-0.3, -0.25) is 9.78 Å². The topological polar surface area (TPSA) is 132 Å². The number of fused-ring (bicyclic) bond motifs is 5. The molecule has 1 amide bonds. The lowest BCUT2D eigenvalue weighted by Crippen LogP contribution is -2.45. The summed E-state index contributed by atoms with van der Waals surface area (Å²) < 4.78 is 38.8. The van der Waals surface area contributed by atoms with Crippen molar-refractivity contribution in [2.45, 2.75) is 91.6 Å². The summed E-state index contributed by atoms with van der Waals surface area (Å²) in [6, 6.07) is 13.6. The zero-order valence-corrected chi connectivity index (χ0v) is 31.9. The molecule has 0 fully saturated rings. The largest absolute Gasteiger partial charge is 0.475 e. The highest BCUT2D eigenvalue weighted by atomic mass is 32.2. The first kappa shape index (κ1) is 36.0. The van der Waals surface area contributed by atoms with E-state index in [0.29, 0.717) is 23.4 Å². The molecule has 2 aromatic carbocycles. The Morgan fingerprint density at radius 2 is 1.63 bits per heavy atom. The molecule has 1 N–H and O–H groups in total. The molecule has 6 rings (SSSR count). The van der Waals surface area contributed by atoms with Crippen molar-refractivity contribution in [2.24, 2.45) is 12.5 Å². The van der Waals surface area contributed by atoms with Crippen LogP contribution < -0.4 is 9.46 Å². The predicted molar refractivity (Wildman–Crippen MR) is 199 cm³/mol. The Morgan fingerprint density at radius 1 is 0.941 bits per heavy atom. The van der Waals surface area contributed by atoms with Crippen LogP contribution in [0.4, 0.5) is 5.95 Å². The van der Waals surface area contributed by atoms with E-state index in [0.717, 1.165) is 33.5 Å². The van der Waals surface area contributed by atoms with Crippen LogP contribution in [0, 0.1) is 26.2 Å². The van der Waals surface area contributed by atoms with Gasteiger partial charge < -0.3 is 14.2 Å². The lowest BCUT2D eigenvalue weighted by molar-refractivity contribution is 0.0508. The normalized spacial score (nSPS) is 16.5. The summed E-state index contributed by atoms with van der Waals surface area (Å²) in [5, 5.41) is 0. The molecule has 1 atom stereocenters. The van der Waals surface area contributed by atoms with Crippen LogP contribution in [0.3, 0.4) is 0 Å². The van der Waals surface area contributed by atoms with Gasteiger partial charge in [0.2, 0.25) is 11.8 Å². The number of benzene rings is 2. The number of amides is 1. The summed E-state index contributed by atoms with van der Waals surface area (Å²) in [6.45, 7) is 18.9. The van der Waals surface area contributed by atoms with Gasteiger partial charge in [-0.15, -0.1) is 0 Å². The van der Waals surface area contributed by atoms with Gasteiger partial charge in [-0.2, -0.15) is 4.98 Å². The fraction of sp³-hybridized carbons (Fsp3) is 0.410. The number of aromatic nitrogens is 5. The van der Waals surface area contributed by atoms with Crippen LogP contribution in [-0.4, -0.2) is 56.4 Å². The smallest absolute Gasteiger partial charge is 0.264 e. The molecule has 4 bridgehead atoms. The highest BCUT2D eigenvalue weighted by Gasteiger charge is 2.33. The standard InChI is InChI=1S/C39H47N7O4S/c1-23-13-11-14-24(2)32(23)33-25(3)35-43-37(42-33)44-51(48,49)29-16-12-15-26(17-29)36(47)46(28(22-50-35)19-38(4,5)6)21-27-20-40-30-18-31(39(7,8)9)45(10)34(30)41-27/h11-18,20,28H,19,21-22H2,1-10H3,(H,42,43,44)/t28-/m1/s1. The summed E-state index contributed by atoms with van der Waals surface area (Å²) in [4.78, 5) is 35.3. The zero-order valence-electron chi connectivity index (χ0n) is 31.1. The van der Waals surface area contributed by atoms with Crippen LogP contribution in [0.5, 0.6) is 5.88 Å². The van der Waals surface area contributed by atoms with Crippen LogP contribution in [-0.2, 0) is 29.0 Å². The van der Waals surface area contributed by atoms with Gasteiger partial charge in [0.1, 0.15) is 12.1 Å². The minimum absolute atomic E-state index is 0.0834. The summed E-state index contributed by atoms with van der Waals surface area (Å²) >= 11 is 0. The van der Waals surface area contributed by atoms with Gasteiger partial charge >= 0.3 is 0 Å². The van der Waals surface area contributed by atoms with Crippen LogP contribution in [0.25, 0.3) is 22.4 Å².